The van der Waals surface area contributed by atoms with Crippen LogP contribution in [0, 0.1) is 11.3 Å². The third-order valence-corrected chi connectivity index (χ3v) is 4.92. The molecule has 1 fully saturated rings. The van der Waals surface area contributed by atoms with Crippen molar-refractivity contribution in [2.24, 2.45) is 0 Å². The lowest BCUT2D eigenvalue weighted by Gasteiger charge is -2.23. The minimum Gasteiger partial charge on any atom is -0.374 e. The number of nitriles is 1. The molecule has 0 spiro atoms. The average Bonchev–Trinajstić information content (AvgIpc) is 2.98. The SMILES string of the molecule is C[C@@H](Nc1ccc(N2CCCCCC2)cc1)C(=O)Nc1ccccc1C#N. The van der Waals surface area contributed by atoms with Gasteiger partial charge in [-0.05, 0) is 56.2 Å². The molecule has 0 unspecified atom stereocenters. The molecule has 1 aliphatic rings. The van der Waals surface area contributed by atoms with E-state index in [-0.39, 0.29) is 5.91 Å². The number of benzene rings is 2. The molecule has 0 saturated carbocycles. The van der Waals surface area contributed by atoms with Crippen molar-refractivity contribution in [1.82, 2.24) is 0 Å². The van der Waals surface area contributed by atoms with Crippen LogP contribution in [0.2, 0.25) is 0 Å². The summed E-state index contributed by atoms with van der Waals surface area (Å²) >= 11 is 0. The van der Waals surface area contributed by atoms with Gasteiger partial charge >= 0.3 is 0 Å². The van der Waals surface area contributed by atoms with Gasteiger partial charge in [-0.3, -0.25) is 4.79 Å². The van der Waals surface area contributed by atoms with E-state index >= 15 is 0 Å². The number of carbonyl (C=O) groups is 1. The maximum absolute atomic E-state index is 12.4. The molecule has 0 aliphatic carbocycles. The van der Waals surface area contributed by atoms with Crippen LogP contribution in [0.3, 0.4) is 0 Å². The zero-order valence-electron chi connectivity index (χ0n) is 15.7. The molecule has 2 aromatic rings. The van der Waals surface area contributed by atoms with Gasteiger partial charge in [-0.15, -0.1) is 0 Å². The van der Waals surface area contributed by atoms with Crippen molar-refractivity contribution in [2.45, 2.75) is 38.6 Å². The van der Waals surface area contributed by atoms with Crippen molar-refractivity contribution >= 4 is 23.0 Å². The Morgan fingerprint density at radius 2 is 1.70 bits per heavy atom. The fraction of sp³-hybridized carbons (Fsp3) is 0.364. The third kappa shape index (κ3) is 5.01. The molecule has 0 aromatic heterocycles. The highest BCUT2D eigenvalue weighted by molar-refractivity contribution is 5.97. The van der Waals surface area contributed by atoms with E-state index in [1.165, 1.54) is 31.4 Å². The van der Waals surface area contributed by atoms with Crippen molar-refractivity contribution in [1.29, 1.82) is 5.26 Å². The molecule has 1 amide bonds. The molecule has 5 nitrogen and oxygen atoms in total. The van der Waals surface area contributed by atoms with E-state index in [2.05, 4.69) is 33.7 Å². The van der Waals surface area contributed by atoms with Crippen LogP contribution >= 0.6 is 0 Å². The van der Waals surface area contributed by atoms with Crippen LogP contribution in [0.4, 0.5) is 17.1 Å². The summed E-state index contributed by atoms with van der Waals surface area (Å²) in [5.74, 6) is -0.172. The smallest absolute Gasteiger partial charge is 0.246 e. The lowest BCUT2D eigenvalue weighted by atomic mass is 10.2. The van der Waals surface area contributed by atoms with E-state index in [0.29, 0.717) is 11.3 Å². The van der Waals surface area contributed by atoms with Crippen LogP contribution in [-0.2, 0) is 4.79 Å². The van der Waals surface area contributed by atoms with Crippen LogP contribution in [-0.4, -0.2) is 25.0 Å². The molecule has 0 bridgehead atoms. The number of nitrogens with zero attached hydrogens (tertiary/aromatic N) is 2. The van der Waals surface area contributed by atoms with Crippen molar-refractivity contribution in [2.75, 3.05) is 28.6 Å². The maximum atomic E-state index is 12.4. The minimum absolute atomic E-state index is 0.172. The number of carbonyl (C=O) groups excluding carboxylic acids is 1. The number of hydrogen-bond donors (Lipinski definition) is 2. The average molecular weight is 362 g/mol. The summed E-state index contributed by atoms with van der Waals surface area (Å²) in [5.41, 5.74) is 3.14. The Balaban J connectivity index is 1.59. The van der Waals surface area contributed by atoms with E-state index in [1.54, 1.807) is 24.3 Å². The predicted molar refractivity (Wildman–Crippen MR) is 110 cm³/mol. The summed E-state index contributed by atoms with van der Waals surface area (Å²) in [7, 11) is 0. The maximum Gasteiger partial charge on any atom is 0.246 e. The van der Waals surface area contributed by atoms with Crippen molar-refractivity contribution in [3.8, 4) is 6.07 Å². The number of nitrogens with one attached hydrogen (secondary N) is 2. The van der Waals surface area contributed by atoms with Gasteiger partial charge in [-0.1, -0.05) is 25.0 Å². The minimum atomic E-state index is -0.416. The zero-order valence-corrected chi connectivity index (χ0v) is 15.7. The second-order valence-electron chi connectivity index (χ2n) is 6.96. The fourth-order valence-corrected chi connectivity index (χ4v) is 3.34. The highest BCUT2D eigenvalue weighted by atomic mass is 16.2. The van der Waals surface area contributed by atoms with Gasteiger partial charge in [0.25, 0.3) is 0 Å². The van der Waals surface area contributed by atoms with Crippen molar-refractivity contribution in [3.05, 3.63) is 54.1 Å². The molecule has 1 heterocycles. The Kier molecular flexibility index (Phi) is 6.32. The molecule has 1 atom stereocenters. The normalized spacial score (nSPS) is 15.3. The lowest BCUT2D eigenvalue weighted by Crippen LogP contribution is -2.32. The number of amides is 1. The van der Waals surface area contributed by atoms with Crippen LogP contribution in [0.5, 0.6) is 0 Å². The summed E-state index contributed by atoms with van der Waals surface area (Å²) < 4.78 is 0. The summed E-state index contributed by atoms with van der Waals surface area (Å²) in [6.45, 7) is 4.04. The second kappa shape index (κ2) is 9.09. The van der Waals surface area contributed by atoms with Gasteiger partial charge in [0.2, 0.25) is 5.91 Å². The molecular weight excluding hydrogens is 336 g/mol. The Morgan fingerprint density at radius 1 is 1.04 bits per heavy atom. The first-order valence-electron chi connectivity index (χ1n) is 9.59. The van der Waals surface area contributed by atoms with Gasteiger partial charge < -0.3 is 15.5 Å². The standard InChI is InChI=1S/C22H26N4O/c1-17(22(27)25-21-9-5-4-8-18(21)16-23)24-19-10-12-20(13-11-19)26-14-6-2-3-7-15-26/h4-5,8-13,17,24H,2-3,6-7,14-15H2,1H3,(H,25,27)/t17-/m1/s1. The van der Waals surface area contributed by atoms with Gasteiger partial charge in [-0.2, -0.15) is 5.26 Å². The Morgan fingerprint density at radius 3 is 2.37 bits per heavy atom. The zero-order chi connectivity index (χ0) is 19.1. The molecule has 2 N–H and O–H groups in total. The van der Waals surface area contributed by atoms with E-state index in [0.717, 1.165) is 18.8 Å². The number of rotatable bonds is 5. The van der Waals surface area contributed by atoms with E-state index in [9.17, 15) is 4.79 Å². The summed E-state index contributed by atoms with van der Waals surface area (Å²) in [6, 6.07) is 17.0. The topological polar surface area (TPSA) is 68.2 Å². The third-order valence-electron chi connectivity index (χ3n) is 4.92. The molecule has 27 heavy (non-hydrogen) atoms. The van der Waals surface area contributed by atoms with Gasteiger partial charge in [0.15, 0.2) is 0 Å². The molecule has 2 aromatic carbocycles. The molecular formula is C22H26N4O. The van der Waals surface area contributed by atoms with Crippen LogP contribution in [0.25, 0.3) is 0 Å². The first-order valence-corrected chi connectivity index (χ1v) is 9.59. The molecule has 3 rings (SSSR count). The lowest BCUT2D eigenvalue weighted by molar-refractivity contribution is -0.116. The molecule has 1 saturated heterocycles. The summed E-state index contributed by atoms with van der Waals surface area (Å²) in [4.78, 5) is 14.9. The van der Waals surface area contributed by atoms with Gasteiger partial charge in [0.1, 0.15) is 12.1 Å². The molecule has 140 valence electrons. The van der Waals surface area contributed by atoms with Crippen molar-refractivity contribution < 1.29 is 4.79 Å². The quantitative estimate of drug-likeness (QED) is 0.828. The number of para-hydroxylation sites is 1. The van der Waals surface area contributed by atoms with Gasteiger partial charge in [0.05, 0.1) is 11.3 Å². The van der Waals surface area contributed by atoms with E-state index < -0.39 is 6.04 Å². The van der Waals surface area contributed by atoms with Gasteiger partial charge in [-0.25, -0.2) is 0 Å². The van der Waals surface area contributed by atoms with Crippen molar-refractivity contribution in [3.63, 3.8) is 0 Å². The first kappa shape index (κ1) is 18.8. The fourth-order valence-electron chi connectivity index (χ4n) is 3.34. The molecule has 5 heteroatoms. The Bertz CT molecular complexity index is 802. The van der Waals surface area contributed by atoms with Crippen LogP contribution < -0.4 is 15.5 Å². The number of anilines is 3. The Labute approximate surface area is 161 Å². The molecule has 0 radical (unpaired) electrons. The Hall–Kier alpha value is -3.00. The highest BCUT2D eigenvalue weighted by Gasteiger charge is 2.15. The largest absolute Gasteiger partial charge is 0.374 e. The molecule has 1 aliphatic heterocycles. The van der Waals surface area contributed by atoms with E-state index in [1.807, 2.05) is 19.1 Å². The second-order valence-corrected chi connectivity index (χ2v) is 6.96. The van der Waals surface area contributed by atoms with Gasteiger partial charge in [0, 0.05) is 24.5 Å². The number of hydrogen-bond acceptors (Lipinski definition) is 4. The van der Waals surface area contributed by atoms with E-state index in [4.69, 9.17) is 5.26 Å². The van der Waals surface area contributed by atoms with Crippen LogP contribution in [0.1, 0.15) is 38.2 Å². The first-order chi connectivity index (χ1) is 13.2. The predicted octanol–water partition coefficient (Wildman–Crippen LogP) is 4.38. The highest BCUT2D eigenvalue weighted by Crippen LogP contribution is 2.22. The monoisotopic (exact) mass is 362 g/mol. The van der Waals surface area contributed by atoms with Crippen LogP contribution in [0.15, 0.2) is 48.5 Å². The summed E-state index contributed by atoms with van der Waals surface area (Å²) in [6.07, 6.45) is 5.14. The summed E-state index contributed by atoms with van der Waals surface area (Å²) in [5, 5.41) is 15.2.